The minimum Gasteiger partial charge on any atom is -0.508 e. The first-order chi connectivity index (χ1) is 6.00. The molecule has 1 aromatic carbocycles. The first-order valence-corrected chi connectivity index (χ1v) is 4.46. The lowest BCUT2D eigenvalue weighted by Gasteiger charge is -2.06. The van der Waals surface area contributed by atoms with Crippen LogP contribution in [0.25, 0.3) is 0 Å². The van der Waals surface area contributed by atoms with Crippen LogP contribution in [0.3, 0.4) is 0 Å². The van der Waals surface area contributed by atoms with E-state index in [2.05, 4.69) is 12.6 Å². The molecule has 0 spiro atoms. The zero-order chi connectivity index (χ0) is 10.0. The molecule has 0 fully saturated rings. The van der Waals surface area contributed by atoms with Crippen LogP contribution < -0.4 is 0 Å². The summed E-state index contributed by atoms with van der Waals surface area (Å²) in [5.41, 5.74) is 2.64. The number of aromatic hydroxyl groups is 1. The summed E-state index contributed by atoms with van der Waals surface area (Å²) in [5.74, 6) is 0.271. The molecule has 2 nitrogen and oxygen atoms in total. The summed E-state index contributed by atoms with van der Waals surface area (Å²) in [5, 5.41) is 9.20. The molecule has 0 atom stereocenters. The fourth-order valence-corrected chi connectivity index (χ4v) is 1.38. The van der Waals surface area contributed by atoms with Crippen LogP contribution in [-0.4, -0.2) is 10.2 Å². The number of hydrogen-bond acceptors (Lipinski definition) is 2. The van der Waals surface area contributed by atoms with Crippen molar-refractivity contribution in [3.8, 4) is 5.75 Å². The molecule has 0 unspecified atom stereocenters. The molecule has 0 amide bonds. The van der Waals surface area contributed by atoms with E-state index in [0.717, 1.165) is 16.7 Å². The fraction of sp³-hybridized carbons (Fsp3) is 0.300. The molecule has 0 saturated carbocycles. The molecule has 0 aliphatic heterocycles. The summed E-state index contributed by atoms with van der Waals surface area (Å²) < 4.78 is 0. The van der Waals surface area contributed by atoms with Gasteiger partial charge in [-0.1, -0.05) is 6.07 Å². The van der Waals surface area contributed by atoms with E-state index in [9.17, 15) is 9.90 Å². The SMILES string of the molecule is Cc1cc(CC(=O)S)c(C)cc1O. The largest absolute Gasteiger partial charge is 0.508 e. The highest BCUT2D eigenvalue weighted by Crippen LogP contribution is 2.21. The van der Waals surface area contributed by atoms with Gasteiger partial charge in [0, 0.05) is 6.42 Å². The third-order valence-corrected chi connectivity index (χ3v) is 2.15. The van der Waals surface area contributed by atoms with Gasteiger partial charge in [0.2, 0.25) is 0 Å². The van der Waals surface area contributed by atoms with Gasteiger partial charge in [0.05, 0.1) is 0 Å². The fourth-order valence-electron chi connectivity index (χ4n) is 1.21. The van der Waals surface area contributed by atoms with Crippen LogP contribution in [0, 0.1) is 13.8 Å². The van der Waals surface area contributed by atoms with E-state index in [1.54, 1.807) is 13.0 Å². The lowest BCUT2D eigenvalue weighted by Crippen LogP contribution is -1.97. The molecule has 0 aromatic heterocycles. The minimum atomic E-state index is -0.159. The summed E-state index contributed by atoms with van der Waals surface area (Å²) in [4.78, 5) is 10.8. The molecular weight excluding hydrogens is 184 g/mol. The first kappa shape index (κ1) is 10.1. The number of carbonyl (C=O) groups is 1. The van der Waals surface area contributed by atoms with Gasteiger partial charge in [0.1, 0.15) is 5.75 Å². The van der Waals surface area contributed by atoms with Crippen LogP contribution in [0.4, 0.5) is 0 Å². The van der Waals surface area contributed by atoms with Crippen LogP contribution in [-0.2, 0) is 11.2 Å². The van der Waals surface area contributed by atoms with Crippen molar-refractivity contribution >= 4 is 17.7 Å². The van der Waals surface area contributed by atoms with Gasteiger partial charge in [-0.15, -0.1) is 12.6 Å². The van der Waals surface area contributed by atoms with Crippen molar-refractivity contribution in [2.75, 3.05) is 0 Å². The lowest BCUT2D eigenvalue weighted by atomic mass is 10.0. The Morgan fingerprint density at radius 1 is 1.38 bits per heavy atom. The number of aryl methyl sites for hydroxylation is 2. The van der Waals surface area contributed by atoms with Crippen molar-refractivity contribution < 1.29 is 9.90 Å². The molecule has 70 valence electrons. The Balaban J connectivity index is 3.08. The number of rotatable bonds is 2. The van der Waals surface area contributed by atoms with Crippen LogP contribution in [0.1, 0.15) is 16.7 Å². The Labute approximate surface area is 83.0 Å². The summed E-state index contributed by atoms with van der Waals surface area (Å²) in [6.07, 6.45) is 0.316. The normalized spacial score (nSPS) is 10.1. The molecule has 3 heteroatoms. The molecule has 0 aliphatic rings. The maximum atomic E-state index is 10.8. The Kier molecular flexibility index (Phi) is 2.98. The number of hydrogen-bond donors (Lipinski definition) is 2. The van der Waals surface area contributed by atoms with Crippen molar-refractivity contribution in [2.45, 2.75) is 20.3 Å². The minimum absolute atomic E-state index is 0.159. The van der Waals surface area contributed by atoms with Crippen molar-refractivity contribution in [3.63, 3.8) is 0 Å². The van der Waals surface area contributed by atoms with Crippen molar-refractivity contribution in [3.05, 3.63) is 28.8 Å². The van der Waals surface area contributed by atoms with Crippen molar-refractivity contribution in [1.82, 2.24) is 0 Å². The topological polar surface area (TPSA) is 37.3 Å². The smallest absolute Gasteiger partial charge is 0.190 e. The highest BCUT2D eigenvalue weighted by molar-refractivity contribution is 7.96. The van der Waals surface area contributed by atoms with Crippen LogP contribution in [0.5, 0.6) is 5.75 Å². The van der Waals surface area contributed by atoms with E-state index >= 15 is 0 Å². The number of carbonyl (C=O) groups excluding carboxylic acids is 1. The zero-order valence-corrected chi connectivity index (χ0v) is 8.56. The third-order valence-electron chi connectivity index (χ3n) is 2.00. The molecule has 0 saturated heterocycles. The number of phenolic OH excluding ortho intramolecular Hbond substituents is 1. The summed E-state index contributed by atoms with van der Waals surface area (Å²) >= 11 is 3.72. The van der Waals surface area contributed by atoms with E-state index in [0.29, 0.717) is 6.42 Å². The second kappa shape index (κ2) is 3.83. The lowest BCUT2D eigenvalue weighted by molar-refractivity contribution is -0.110. The summed E-state index contributed by atoms with van der Waals surface area (Å²) in [6, 6.07) is 3.49. The molecule has 0 bridgehead atoms. The van der Waals surface area contributed by atoms with E-state index in [1.807, 2.05) is 13.0 Å². The summed E-state index contributed by atoms with van der Waals surface area (Å²) in [6.45, 7) is 3.67. The predicted octanol–water partition coefficient (Wildman–Crippen LogP) is 2.01. The van der Waals surface area contributed by atoms with E-state index in [-0.39, 0.29) is 10.9 Å². The molecule has 0 heterocycles. The van der Waals surface area contributed by atoms with Crippen LogP contribution in [0.15, 0.2) is 12.1 Å². The van der Waals surface area contributed by atoms with Gasteiger partial charge in [0.25, 0.3) is 0 Å². The van der Waals surface area contributed by atoms with E-state index < -0.39 is 0 Å². The number of benzene rings is 1. The van der Waals surface area contributed by atoms with Crippen LogP contribution in [0.2, 0.25) is 0 Å². The first-order valence-electron chi connectivity index (χ1n) is 4.01. The van der Waals surface area contributed by atoms with Gasteiger partial charge < -0.3 is 5.11 Å². The molecule has 1 rings (SSSR count). The third kappa shape index (κ3) is 2.49. The maximum absolute atomic E-state index is 10.8. The Bertz CT molecular complexity index is 345. The second-order valence-corrected chi connectivity index (χ2v) is 3.63. The van der Waals surface area contributed by atoms with Crippen LogP contribution >= 0.6 is 12.6 Å². The molecule has 0 aliphatic carbocycles. The standard InChI is InChI=1S/C10H12O2S/c1-6-4-9(11)7(2)3-8(6)5-10(12)13/h3-4,11H,5H2,1-2H3,(H,12,13). The zero-order valence-electron chi connectivity index (χ0n) is 7.66. The maximum Gasteiger partial charge on any atom is 0.190 e. The van der Waals surface area contributed by atoms with Crippen molar-refractivity contribution in [1.29, 1.82) is 0 Å². The Morgan fingerprint density at radius 3 is 2.54 bits per heavy atom. The Hall–Kier alpha value is -0.960. The molecule has 1 N–H and O–H groups in total. The van der Waals surface area contributed by atoms with Gasteiger partial charge in [-0.05, 0) is 36.6 Å². The molecule has 0 radical (unpaired) electrons. The number of thiol groups is 1. The quantitative estimate of drug-likeness (QED) is 0.710. The summed E-state index contributed by atoms with van der Waals surface area (Å²) in [7, 11) is 0. The van der Waals surface area contributed by atoms with Gasteiger partial charge in [-0.25, -0.2) is 0 Å². The van der Waals surface area contributed by atoms with Gasteiger partial charge in [-0.2, -0.15) is 0 Å². The molecular formula is C10H12O2S. The van der Waals surface area contributed by atoms with Crippen molar-refractivity contribution in [2.24, 2.45) is 0 Å². The van der Waals surface area contributed by atoms with Gasteiger partial charge in [-0.3, -0.25) is 4.79 Å². The molecule has 1 aromatic rings. The monoisotopic (exact) mass is 196 g/mol. The Morgan fingerprint density at radius 2 is 2.00 bits per heavy atom. The highest BCUT2D eigenvalue weighted by Gasteiger charge is 2.05. The second-order valence-electron chi connectivity index (χ2n) is 3.14. The van der Waals surface area contributed by atoms with E-state index in [4.69, 9.17) is 0 Å². The predicted molar refractivity (Wildman–Crippen MR) is 55.3 cm³/mol. The number of phenols is 1. The average Bonchev–Trinajstić information content (AvgIpc) is 1.99. The van der Waals surface area contributed by atoms with E-state index in [1.165, 1.54) is 0 Å². The highest BCUT2D eigenvalue weighted by atomic mass is 32.1. The average molecular weight is 196 g/mol. The van der Waals surface area contributed by atoms with Gasteiger partial charge >= 0.3 is 0 Å². The molecule has 13 heavy (non-hydrogen) atoms. The van der Waals surface area contributed by atoms with Gasteiger partial charge in [0.15, 0.2) is 5.12 Å².